The number of rotatable bonds is 6. The SMILES string of the molecule is CCOC(=O)c1ccn(-c2ccc(NC(=O)C3(c4ccc(Br)cc4)CCOCC3)cc2)n1. The first kappa shape index (κ1) is 22.2. The fourth-order valence-corrected chi connectivity index (χ4v) is 4.13. The number of carbonyl (C=O) groups excluding carboxylic acids is 2. The van der Waals surface area contributed by atoms with Gasteiger partial charge in [-0.25, -0.2) is 9.48 Å². The third-order valence-electron chi connectivity index (χ3n) is 5.64. The predicted molar refractivity (Wildman–Crippen MR) is 124 cm³/mol. The number of nitrogens with one attached hydrogen (secondary N) is 1. The summed E-state index contributed by atoms with van der Waals surface area (Å²) in [5, 5.41) is 7.33. The molecular weight excluding hydrogens is 474 g/mol. The topological polar surface area (TPSA) is 82.5 Å². The second kappa shape index (κ2) is 9.67. The van der Waals surface area contributed by atoms with Crippen molar-refractivity contribution < 1.29 is 19.1 Å². The van der Waals surface area contributed by atoms with E-state index in [-0.39, 0.29) is 11.6 Å². The van der Waals surface area contributed by atoms with Crippen molar-refractivity contribution in [1.29, 1.82) is 0 Å². The molecule has 32 heavy (non-hydrogen) atoms. The van der Waals surface area contributed by atoms with E-state index < -0.39 is 11.4 Å². The molecule has 3 aromatic rings. The Morgan fingerprint density at radius 2 is 1.78 bits per heavy atom. The van der Waals surface area contributed by atoms with Gasteiger partial charge in [0.15, 0.2) is 5.69 Å². The Balaban J connectivity index is 1.51. The summed E-state index contributed by atoms with van der Waals surface area (Å²) in [6.45, 7) is 3.14. The first-order chi connectivity index (χ1) is 15.5. The first-order valence-corrected chi connectivity index (χ1v) is 11.3. The lowest BCUT2D eigenvalue weighted by molar-refractivity contribution is -0.125. The molecule has 8 heteroatoms. The van der Waals surface area contributed by atoms with Gasteiger partial charge in [-0.15, -0.1) is 0 Å². The third-order valence-corrected chi connectivity index (χ3v) is 6.17. The molecule has 1 aromatic heterocycles. The van der Waals surface area contributed by atoms with Gasteiger partial charge in [0.25, 0.3) is 0 Å². The molecule has 7 nitrogen and oxygen atoms in total. The second-order valence-electron chi connectivity index (χ2n) is 7.57. The number of hydrogen-bond donors (Lipinski definition) is 1. The molecule has 0 bridgehead atoms. The maximum absolute atomic E-state index is 13.4. The molecule has 1 N–H and O–H groups in total. The van der Waals surface area contributed by atoms with Crippen LogP contribution in [-0.2, 0) is 19.7 Å². The molecule has 0 saturated carbocycles. The number of hydrogen-bond acceptors (Lipinski definition) is 5. The molecule has 4 rings (SSSR count). The van der Waals surface area contributed by atoms with Crippen molar-refractivity contribution in [2.75, 3.05) is 25.1 Å². The summed E-state index contributed by atoms with van der Waals surface area (Å²) in [6, 6.07) is 16.9. The Kier molecular flexibility index (Phi) is 6.72. The van der Waals surface area contributed by atoms with Crippen LogP contribution in [0.25, 0.3) is 5.69 Å². The fraction of sp³-hybridized carbons (Fsp3) is 0.292. The number of esters is 1. The van der Waals surface area contributed by atoms with E-state index in [0.717, 1.165) is 15.7 Å². The highest BCUT2D eigenvalue weighted by Crippen LogP contribution is 2.36. The van der Waals surface area contributed by atoms with E-state index in [1.165, 1.54) is 0 Å². The molecule has 0 unspecified atom stereocenters. The predicted octanol–water partition coefficient (Wildman–Crippen LogP) is 4.50. The molecule has 2 heterocycles. The molecule has 166 valence electrons. The number of anilines is 1. The number of aromatic nitrogens is 2. The quantitative estimate of drug-likeness (QED) is 0.507. The van der Waals surface area contributed by atoms with Crippen LogP contribution in [0.15, 0.2) is 65.3 Å². The molecule has 1 aliphatic rings. The van der Waals surface area contributed by atoms with Gasteiger partial charge in [0.05, 0.1) is 17.7 Å². The van der Waals surface area contributed by atoms with Crippen molar-refractivity contribution in [2.24, 2.45) is 0 Å². The monoisotopic (exact) mass is 497 g/mol. The minimum absolute atomic E-state index is 0.0421. The molecule has 1 fully saturated rings. The summed E-state index contributed by atoms with van der Waals surface area (Å²) in [7, 11) is 0. The highest BCUT2D eigenvalue weighted by Gasteiger charge is 2.41. The van der Waals surface area contributed by atoms with Gasteiger partial charge in [-0.2, -0.15) is 5.10 Å². The van der Waals surface area contributed by atoms with Gasteiger partial charge in [0.2, 0.25) is 5.91 Å². The number of benzene rings is 2. The van der Waals surface area contributed by atoms with Gasteiger partial charge in [-0.05, 0) is 67.8 Å². The summed E-state index contributed by atoms with van der Waals surface area (Å²) in [4.78, 5) is 25.2. The zero-order chi connectivity index (χ0) is 22.6. The van der Waals surface area contributed by atoms with Crippen LogP contribution in [0.1, 0.15) is 35.8 Å². The standard InChI is InChI=1S/C24H24BrN3O4/c1-2-32-22(29)21-11-14-28(27-21)20-9-7-19(8-10-20)26-23(30)24(12-15-31-16-13-24)17-3-5-18(25)6-4-17/h3-11,14H,2,12-13,15-16H2,1H3,(H,26,30). The van der Waals surface area contributed by atoms with Crippen LogP contribution >= 0.6 is 15.9 Å². The molecule has 0 spiro atoms. The zero-order valence-corrected chi connectivity index (χ0v) is 19.3. The van der Waals surface area contributed by atoms with E-state index in [0.29, 0.717) is 38.3 Å². The molecular formula is C24H24BrN3O4. The highest BCUT2D eigenvalue weighted by molar-refractivity contribution is 9.10. The summed E-state index contributed by atoms with van der Waals surface area (Å²) in [5.41, 5.74) is 2.07. The van der Waals surface area contributed by atoms with Crippen LogP contribution in [0.5, 0.6) is 0 Å². The highest BCUT2D eigenvalue weighted by atomic mass is 79.9. The number of nitrogens with zero attached hydrogens (tertiary/aromatic N) is 2. The van der Waals surface area contributed by atoms with Crippen molar-refractivity contribution in [3.05, 3.63) is 76.5 Å². The minimum atomic E-state index is -0.631. The molecule has 0 aliphatic carbocycles. The Labute approximate surface area is 194 Å². The van der Waals surface area contributed by atoms with Crippen LogP contribution in [0.4, 0.5) is 5.69 Å². The molecule has 0 atom stereocenters. The summed E-state index contributed by atoms with van der Waals surface area (Å²) in [5.74, 6) is -0.496. The van der Waals surface area contributed by atoms with E-state index in [9.17, 15) is 9.59 Å². The lowest BCUT2D eigenvalue weighted by atomic mass is 9.73. The second-order valence-corrected chi connectivity index (χ2v) is 8.48. The van der Waals surface area contributed by atoms with Crippen molar-refractivity contribution in [3.63, 3.8) is 0 Å². The first-order valence-electron chi connectivity index (χ1n) is 10.5. The fourth-order valence-electron chi connectivity index (χ4n) is 3.87. The van der Waals surface area contributed by atoms with Crippen molar-refractivity contribution >= 4 is 33.5 Å². The van der Waals surface area contributed by atoms with E-state index in [2.05, 4.69) is 26.3 Å². The van der Waals surface area contributed by atoms with Crippen molar-refractivity contribution in [2.45, 2.75) is 25.2 Å². The molecule has 1 amide bonds. The largest absolute Gasteiger partial charge is 0.461 e. The maximum Gasteiger partial charge on any atom is 0.358 e. The Hall–Kier alpha value is -2.97. The normalized spacial score (nSPS) is 15.2. The van der Waals surface area contributed by atoms with Gasteiger partial charge in [-0.1, -0.05) is 28.1 Å². The van der Waals surface area contributed by atoms with Gasteiger partial charge in [0, 0.05) is 29.6 Å². The Morgan fingerprint density at radius 3 is 2.44 bits per heavy atom. The van der Waals surface area contributed by atoms with Crippen LogP contribution in [0, 0.1) is 0 Å². The molecule has 2 aromatic carbocycles. The average molecular weight is 498 g/mol. The third kappa shape index (κ3) is 4.61. The molecule has 1 aliphatic heterocycles. The lowest BCUT2D eigenvalue weighted by Crippen LogP contribution is -2.44. The van der Waals surface area contributed by atoms with Gasteiger partial charge >= 0.3 is 5.97 Å². The van der Waals surface area contributed by atoms with Crippen LogP contribution in [0.3, 0.4) is 0 Å². The Bertz CT molecular complexity index is 1090. The van der Waals surface area contributed by atoms with E-state index >= 15 is 0 Å². The van der Waals surface area contributed by atoms with Crippen molar-refractivity contribution in [3.8, 4) is 5.69 Å². The van der Waals surface area contributed by atoms with Gasteiger partial charge in [0.1, 0.15) is 0 Å². The van der Waals surface area contributed by atoms with Crippen molar-refractivity contribution in [1.82, 2.24) is 9.78 Å². The van der Waals surface area contributed by atoms with Gasteiger partial charge < -0.3 is 14.8 Å². The minimum Gasteiger partial charge on any atom is -0.461 e. The summed E-state index contributed by atoms with van der Waals surface area (Å²) in [6.07, 6.45) is 2.95. The zero-order valence-electron chi connectivity index (χ0n) is 17.7. The molecule has 0 radical (unpaired) electrons. The maximum atomic E-state index is 13.4. The summed E-state index contributed by atoms with van der Waals surface area (Å²) < 4.78 is 13.1. The number of carbonyl (C=O) groups is 2. The van der Waals surface area contributed by atoms with E-state index in [1.54, 1.807) is 23.9 Å². The van der Waals surface area contributed by atoms with Gasteiger partial charge in [-0.3, -0.25) is 4.79 Å². The van der Waals surface area contributed by atoms with E-state index in [1.807, 2.05) is 48.5 Å². The van der Waals surface area contributed by atoms with Crippen LogP contribution in [-0.4, -0.2) is 41.5 Å². The number of ether oxygens (including phenoxy) is 2. The van der Waals surface area contributed by atoms with Crippen LogP contribution in [0.2, 0.25) is 0 Å². The smallest absolute Gasteiger partial charge is 0.358 e. The summed E-state index contributed by atoms with van der Waals surface area (Å²) >= 11 is 3.46. The van der Waals surface area contributed by atoms with Crippen LogP contribution < -0.4 is 5.32 Å². The Morgan fingerprint density at radius 1 is 1.09 bits per heavy atom. The number of amides is 1. The number of halogens is 1. The average Bonchev–Trinajstić information content (AvgIpc) is 3.31. The van der Waals surface area contributed by atoms with E-state index in [4.69, 9.17) is 9.47 Å². The lowest BCUT2D eigenvalue weighted by Gasteiger charge is -2.36. The molecule has 1 saturated heterocycles.